The summed E-state index contributed by atoms with van der Waals surface area (Å²) in [5.41, 5.74) is 3.96. The van der Waals surface area contributed by atoms with Gasteiger partial charge in [0.15, 0.2) is 0 Å². The molecule has 2 bridgehead atoms. The molecule has 2 fully saturated rings. The Labute approximate surface area is 175 Å². The quantitative estimate of drug-likeness (QED) is 0.618. The summed E-state index contributed by atoms with van der Waals surface area (Å²) in [5, 5.41) is 2.95. The first-order valence-electron chi connectivity index (χ1n) is 10.5. The van der Waals surface area contributed by atoms with E-state index in [2.05, 4.69) is 18.3 Å². The zero-order valence-corrected chi connectivity index (χ0v) is 17.1. The summed E-state index contributed by atoms with van der Waals surface area (Å²) in [4.78, 5) is 40.5. The van der Waals surface area contributed by atoms with Gasteiger partial charge < -0.3 is 5.32 Å². The molecule has 5 heteroatoms. The van der Waals surface area contributed by atoms with Gasteiger partial charge in [0.25, 0.3) is 5.91 Å². The molecule has 1 heterocycles. The minimum Gasteiger partial charge on any atom is -0.322 e. The van der Waals surface area contributed by atoms with Crippen LogP contribution in [-0.4, -0.2) is 17.7 Å². The fourth-order valence-electron chi connectivity index (χ4n) is 5.46. The second kappa shape index (κ2) is 6.94. The number of imide groups is 1. The van der Waals surface area contributed by atoms with Crippen LogP contribution in [0.15, 0.2) is 60.2 Å². The molecular formula is C25H24N2O3. The monoisotopic (exact) mass is 400 g/mol. The highest BCUT2D eigenvalue weighted by molar-refractivity contribution is 6.23. The van der Waals surface area contributed by atoms with Crippen molar-refractivity contribution in [3.8, 4) is 0 Å². The van der Waals surface area contributed by atoms with Crippen LogP contribution in [0, 0.1) is 23.7 Å². The minimum absolute atomic E-state index is 0.126. The first-order chi connectivity index (χ1) is 14.5. The van der Waals surface area contributed by atoms with Crippen molar-refractivity contribution in [1.29, 1.82) is 0 Å². The summed E-state index contributed by atoms with van der Waals surface area (Å²) in [6.45, 7) is 4.09. The number of hydrogen-bond donors (Lipinski definition) is 1. The number of carbonyl (C=O) groups excluding carboxylic acids is 3. The Morgan fingerprint density at radius 3 is 2.63 bits per heavy atom. The molecule has 1 saturated carbocycles. The normalized spacial score (nSPS) is 26.7. The Kier molecular flexibility index (Phi) is 4.35. The predicted molar refractivity (Wildman–Crippen MR) is 115 cm³/mol. The number of benzene rings is 2. The third kappa shape index (κ3) is 2.72. The third-order valence-corrected chi connectivity index (χ3v) is 6.89. The molecule has 1 aliphatic heterocycles. The van der Waals surface area contributed by atoms with Crippen molar-refractivity contribution in [3.05, 3.63) is 71.3 Å². The van der Waals surface area contributed by atoms with Gasteiger partial charge in [0.1, 0.15) is 0 Å². The van der Waals surface area contributed by atoms with Gasteiger partial charge in [0, 0.05) is 11.3 Å². The van der Waals surface area contributed by atoms with Gasteiger partial charge in [0.2, 0.25) is 11.8 Å². The highest BCUT2D eigenvalue weighted by Crippen LogP contribution is 2.55. The van der Waals surface area contributed by atoms with Crippen molar-refractivity contribution in [2.75, 3.05) is 10.2 Å². The number of rotatable bonds is 4. The van der Waals surface area contributed by atoms with Gasteiger partial charge in [-0.1, -0.05) is 42.8 Å². The number of nitrogens with zero attached hydrogens (tertiary/aromatic N) is 1. The molecule has 2 aromatic rings. The fourth-order valence-corrected chi connectivity index (χ4v) is 5.46. The summed E-state index contributed by atoms with van der Waals surface area (Å²) in [7, 11) is 0. The highest BCUT2D eigenvalue weighted by Gasteiger charge is 2.60. The van der Waals surface area contributed by atoms with Crippen LogP contribution in [0.5, 0.6) is 0 Å². The molecular weight excluding hydrogens is 376 g/mol. The molecule has 4 atom stereocenters. The zero-order chi connectivity index (χ0) is 21.0. The SMILES string of the molecule is CCc1ccccc1NC(=O)c1cccc(N2C(=O)[C@@H]3[C@H](C2=O)[C@@H]2C=C(C)[C@@H]3C2)c1. The number of aryl methyl sites for hydroxylation is 1. The molecule has 2 aromatic carbocycles. The average Bonchev–Trinajstić information content (AvgIpc) is 3.39. The summed E-state index contributed by atoms with van der Waals surface area (Å²) >= 11 is 0. The standard InChI is InChI=1S/C25H24N2O3/c1-3-15-7-4-5-10-20(15)26-23(28)16-8-6-9-18(12-16)27-24(29)21-17-11-14(2)19(13-17)22(21)25(27)30/h4-12,17,19,21-22H,3,13H2,1-2H3,(H,26,28)/t17-,19+,21-,22+/m1/s1. The molecule has 30 heavy (non-hydrogen) atoms. The van der Waals surface area contributed by atoms with Crippen molar-refractivity contribution in [1.82, 2.24) is 0 Å². The van der Waals surface area contributed by atoms with Crippen LogP contribution >= 0.6 is 0 Å². The Balaban J connectivity index is 1.41. The van der Waals surface area contributed by atoms with E-state index in [4.69, 9.17) is 0 Å². The predicted octanol–water partition coefficient (Wildman–Crippen LogP) is 4.20. The zero-order valence-electron chi connectivity index (χ0n) is 17.1. The van der Waals surface area contributed by atoms with E-state index in [1.165, 1.54) is 10.5 Å². The lowest BCUT2D eigenvalue weighted by molar-refractivity contribution is -0.123. The molecule has 1 saturated heterocycles. The van der Waals surface area contributed by atoms with E-state index in [0.717, 1.165) is 24.1 Å². The summed E-state index contributed by atoms with van der Waals surface area (Å²) < 4.78 is 0. The average molecular weight is 400 g/mol. The van der Waals surface area contributed by atoms with Crippen molar-refractivity contribution >= 4 is 29.1 Å². The second-order valence-corrected chi connectivity index (χ2v) is 8.50. The fraction of sp³-hybridized carbons (Fsp3) is 0.320. The molecule has 5 nitrogen and oxygen atoms in total. The first-order valence-corrected chi connectivity index (χ1v) is 10.5. The number of allylic oxidation sites excluding steroid dienone is 2. The van der Waals surface area contributed by atoms with E-state index >= 15 is 0 Å². The summed E-state index contributed by atoms with van der Waals surface area (Å²) in [5.74, 6) is -0.665. The van der Waals surface area contributed by atoms with Gasteiger partial charge in [-0.25, -0.2) is 4.90 Å². The van der Waals surface area contributed by atoms with Crippen LogP contribution in [0.1, 0.15) is 36.2 Å². The smallest absolute Gasteiger partial charge is 0.255 e. The number of para-hydroxylation sites is 1. The van der Waals surface area contributed by atoms with Gasteiger partial charge in [-0.15, -0.1) is 0 Å². The molecule has 152 valence electrons. The van der Waals surface area contributed by atoms with Gasteiger partial charge in [-0.05, 0) is 61.4 Å². The molecule has 3 aliphatic rings. The van der Waals surface area contributed by atoms with Crippen LogP contribution < -0.4 is 10.2 Å². The molecule has 5 rings (SSSR count). The topological polar surface area (TPSA) is 66.5 Å². The molecule has 3 amide bonds. The third-order valence-electron chi connectivity index (χ3n) is 6.89. The van der Waals surface area contributed by atoms with Gasteiger partial charge in [0.05, 0.1) is 17.5 Å². The van der Waals surface area contributed by atoms with Crippen LogP contribution in [0.25, 0.3) is 0 Å². The second-order valence-electron chi connectivity index (χ2n) is 8.50. The minimum atomic E-state index is -0.255. The summed E-state index contributed by atoms with van der Waals surface area (Å²) in [6.07, 6.45) is 3.88. The first kappa shape index (κ1) is 18.8. The van der Waals surface area contributed by atoms with Crippen molar-refractivity contribution in [2.45, 2.75) is 26.7 Å². The van der Waals surface area contributed by atoms with E-state index in [1.807, 2.05) is 31.2 Å². The number of hydrogen-bond acceptors (Lipinski definition) is 3. The van der Waals surface area contributed by atoms with E-state index < -0.39 is 0 Å². The van der Waals surface area contributed by atoms with E-state index in [9.17, 15) is 14.4 Å². The van der Waals surface area contributed by atoms with Crippen LogP contribution in [0.4, 0.5) is 11.4 Å². The maximum Gasteiger partial charge on any atom is 0.255 e. The van der Waals surface area contributed by atoms with Gasteiger partial charge in [-0.3, -0.25) is 14.4 Å². The molecule has 0 radical (unpaired) electrons. The van der Waals surface area contributed by atoms with Gasteiger partial charge in [-0.2, -0.15) is 0 Å². The highest BCUT2D eigenvalue weighted by atomic mass is 16.2. The van der Waals surface area contributed by atoms with Crippen molar-refractivity contribution in [2.24, 2.45) is 23.7 Å². The number of fused-ring (bicyclic) bond motifs is 5. The lowest BCUT2D eigenvalue weighted by Crippen LogP contribution is -2.33. The van der Waals surface area contributed by atoms with E-state index in [-0.39, 0.29) is 41.4 Å². The number of amides is 3. The van der Waals surface area contributed by atoms with Crippen LogP contribution in [-0.2, 0) is 16.0 Å². The lowest BCUT2D eigenvalue weighted by Gasteiger charge is -2.19. The lowest BCUT2D eigenvalue weighted by atomic mass is 9.82. The largest absolute Gasteiger partial charge is 0.322 e. The van der Waals surface area contributed by atoms with Crippen LogP contribution in [0.2, 0.25) is 0 Å². The Morgan fingerprint density at radius 1 is 1.07 bits per heavy atom. The van der Waals surface area contributed by atoms with E-state index in [1.54, 1.807) is 24.3 Å². The number of nitrogens with one attached hydrogen (secondary N) is 1. The maximum atomic E-state index is 13.2. The summed E-state index contributed by atoms with van der Waals surface area (Å²) in [6, 6.07) is 14.5. The number of anilines is 2. The van der Waals surface area contributed by atoms with Gasteiger partial charge >= 0.3 is 0 Å². The van der Waals surface area contributed by atoms with Crippen molar-refractivity contribution < 1.29 is 14.4 Å². The Bertz CT molecular complexity index is 1100. The van der Waals surface area contributed by atoms with E-state index in [0.29, 0.717) is 11.3 Å². The molecule has 2 aliphatic carbocycles. The Hall–Kier alpha value is -3.21. The molecule has 0 unspecified atom stereocenters. The molecule has 0 spiro atoms. The Morgan fingerprint density at radius 2 is 1.83 bits per heavy atom. The molecule has 1 N–H and O–H groups in total. The van der Waals surface area contributed by atoms with Crippen molar-refractivity contribution in [3.63, 3.8) is 0 Å². The maximum absolute atomic E-state index is 13.2. The number of carbonyl (C=O) groups is 3. The van der Waals surface area contributed by atoms with Crippen LogP contribution in [0.3, 0.4) is 0 Å². The molecule has 0 aromatic heterocycles.